The molecule has 0 heterocycles. The fourth-order valence-corrected chi connectivity index (χ4v) is 6.24. The number of hydrogen-bond donors (Lipinski definition) is 0. The van der Waals surface area contributed by atoms with E-state index in [9.17, 15) is 0 Å². The number of thioether (sulfide) groups is 1. The fourth-order valence-electron chi connectivity index (χ4n) is 1.58. The first kappa shape index (κ1) is 14.7. The van der Waals surface area contributed by atoms with Crippen LogP contribution in [0.2, 0.25) is 0 Å². The molecule has 0 aliphatic rings. The second-order valence-corrected chi connectivity index (χ2v) is 9.25. The molecule has 2 rings (SSSR count). The normalized spacial score (nSPS) is 11.5. The Labute approximate surface area is 130 Å². The van der Waals surface area contributed by atoms with Crippen molar-refractivity contribution in [3.05, 3.63) is 69.7 Å². The van der Waals surface area contributed by atoms with Crippen LogP contribution < -0.4 is 3.61 Å². The second kappa shape index (κ2) is 8.48. The summed E-state index contributed by atoms with van der Waals surface area (Å²) < 4.78 is 3.09. The molecular weight excluding hydrogens is 364 g/mol. The summed E-state index contributed by atoms with van der Waals surface area (Å²) in [4.78, 5) is 1.35. The van der Waals surface area contributed by atoms with E-state index in [2.05, 4.69) is 73.7 Å². The molecule has 0 saturated heterocycles. The Bertz CT molecular complexity index is 462. The predicted molar refractivity (Wildman–Crippen MR) is 87.1 cm³/mol. The summed E-state index contributed by atoms with van der Waals surface area (Å²) in [5.74, 6) is 0. The number of benzene rings is 2. The minimum absolute atomic E-state index is 0.250. The van der Waals surface area contributed by atoms with E-state index in [1.54, 1.807) is 2.95 Å². The predicted octanol–water partition coefficient (Wildman–Crippen LogP) is 4.45. The molecule has 0 bridgehead atoms. The number of hydrogen-bond acceptors (Lipinski definition) is 1. The Morgan fingerprint density at radius 3 is 2.26 bits per heavy atom. The second-order valence-electron chi connectivity index (χ2n) is 4.14. The summed E-state index contributed by atoms with van der Waals surface area (Å²) in [6.45, 7) is 2.24. The van der Waals surface area contributed by atoms with Gasteiger partial charge in [0.15, 0.2) is 0 Å². The summed E-state index contributed by atoms with van der Waals surface area (Å²) in [7, 11) is 0. The van der Waals surface area contributed by atoms with Crippen molar-refractivity contribution in [3.8, 4) is 0 Å². The molecule has 0 nitrogen and oxygen atoms in total. The standard InChI is InChI=1S/C17H18STe/c1-2-3-14-17(18-15-10-6-4-7-11-15)19-16-12-8-5-9-13-16/h4-14H,2-3H2,1H3/b17-14-. The molecule has 0 radical (unpaired) electrons. The van der Waals surface area contributed by atoms with Crippen LogP contribution in [-0.2, 0) is 0 Å². The molecule has 0 aliphatic carbocycles. The van der Waals surface area contributed by atoms with E-state index in [0.717, 1.165) is 0 Å². The van der Waals surface area contributed by atoms with E-state index in [1.807, 2.05) is 11.8 Å². The van der Waals surface area contributed by atoms with E-state index >= 15 is 0 Å². The van der Waals surface area contributed by atoms with E-state index < -0.39 is 0 Å². The number of allylic oxidation sites excluding steroid dienone is 1. The zero-order valence-electron chi connectivity index (χ0n) is 11.1. The van der Waals surface area contributed by atoms with E-state index in [4.69, 9.17) is 0 Å². The van der Waals surface area contributed by atoms with Crippen LogP contribution in [0.5, 0.6) is 0 Å². The molecule has 0 saturated carbocycles. The van der Waals surface area contributed by atoms with Crippen molar-refractivity contribution in [3.63, 3.8) is 0 Å². The van der Waals surface area contributed by atoms with Gasteiger partial charge in [0.2, 0.25) is 0 Å². The quantitative estimate of drug-likeness (QED) is 0.526. The number of rotatable bonds is 6. The van der Waals surface area contributed by atoms with Gasteiger partial charge in [-0.25, -0.2) is 0 Å². The Kier molecular flexibility index (Phi) is 6.57. The summed E-state index contributed by atoms with van der Waals surface area (Å²) in [6, 6.07) is 21.6. The maximum atomic E-state index is 2.44. The zero-order valence-corrected chi connectivity index (χ0v) is 14.2. The first-order valence-electron chi connectivity index (χ1n) is 6.54. The summed E-state index contributed by atoms with van der Waals surface area (Å²) >= 11 is 1.69. The summed E-state index contributed by atoms with van der Waals surface area (Å²) in [5, 5.41) is 0. The molecule has 19 heavy (non-hydrogen) atoms. The van der Waals surface area contributed by atoms with Crippen LogP contribution >= 0.6 is 11.8 Å². The van der Waals surface area contributed by atoms with Crippen molar-refractivity contribution in [1.29, 1.82) is 0 Å². The Balaban J connectivity index is 2.08. The third-order valence-electron chi connectivity index (χ3n) is 2.52. The molecule has 0 unspecified atom stereocenters. The minimum atomic E-state index is -0.250. The molecule has 98 valence electrons. The first-order valence-corrected chi connectivity index (χ1v) is 9.69. The molecule has 0 atom stereocenters. The van der Waals surface area contributed by atoms with Gasteiger partial charge >= 0.3 is 131 Å². The van der Waals surface area contributed by atoms with E-state index in [0.29, 0.717) is 0 Å². The first-order chi connectivity index (χ1) is 9.38. The van der Waals surface area contributed by atoms with Gasteiger partial charge in [-0.15, -0.1) is 0 Å². The Hall–Kier alpha value is -0.680. The van der Waals surface area contributed by atoms with Crippen molar-refractivity contribution < 1.29 is 0 Å². The zero-order chi connectivity index (χ0) is 13.3. The van der Waals surface area contributed by atoms with Crippen molar-refractivity contribution in [1.82, 2.24) is 0 Å². The molecule has 2 aromatic carbocycles. The Morgan fingerprint density at radius 1 is 1.00 bits per heavy atom. The molecule has 0 amide bonds. The van der Waals surface area contributed by atoms with Crippen LogP contribution in [0.25, 0.3) is 0 Å². The molecule has 2 heteroatoms. The number of unbranched alkanes of at least 4 members (excludes halogenated alkanes) is 1. The van der Waals surface area contributed by atoms with Gasteiger partial charge in [-0.2, -0.15) is 0 Å². The molecule has 0 aliphatic heterocycles. The fraction of sp³-hybridized carbons (Fsp3) is 0.176. The molecular formula is C17H18STe. The van der Waals surface area contributed by atoms with Crippen molar-refractivity contribution in [2.75, 3.05) is 0 Å². The molecule has 0 spiro atoms. The summed E-state index contributed by atoms with van der Waals surface area (Å²) in [5.41, 5.74) is 0. The molecule has 0 N–H and O–H groups in total. The molecule has 0 aromatic heterocycles. The van der Waals surface area contributed by atoms with Crippen LogP contribution in [0.1, 0.15) is 19.8 Å². The molecule has 0 fully saturated rings. The van der Waals surface area contributed by atoms with Crippen LogP contribution in [0.15, 0.2) is 74.6 Å². The van der Waals surface area contributed by atoms with Crippen molar-refractivity contribution >= 4 is 36.3 Å². The average molecular weight is 382 g/mol. The van der Waals surface area contributed by atoms with Gasteiger partial charge in [0.1, 0.15) is 0 Å². The maximum absolute atomic E-state index is 2.44. The van der Waals surface area contributed by atoms with Crippen LogP contribution in [0.4, 0.5) is 0 Å². The van der Waals surface area contributed by atoms with Crippen LogP contribution in [0.3, 0.4) is 0 Å². The van der Waals surface area contributed by atoms with E-state index in [-0.39, 0.29) is 20.9 Å². The van der Waals surface area contributed by atoms with Gasteiger partial charge in [0.05, 0.1) is 0 Å². The van der Waals surface area contributed by atoms with Crippen molar-refractivity contribution in [2.45, 2.75) is 24.7 Å². The van der Waals surface area contributed by atoms with Gasteiger partial charge in [0.25, 0.3) is 0 Å². The van der Waals surface area contributed by atoms with Gasteiger partial charge in [0, 0.05) is 0 Å². The third-order valence-corrected chi connectivity index (χ3v) is 7.17. The van der Waals surface area contributed by atoms with Crippen molar-refractivity contribution in [2.24, 2.45) is 0 Å². The SMILES string of the molecule is CCC/C=C(/Sc1ccccc1)[Te]c1ccccc1. The van der Waals surface area contributed by atoms with E-state index in [1.165, 1.54) is 21.3 Å². The van der Waals surface area contributed by atoms with Gasteiger partial charge in [-0.1, -0.05) is 0 Å². The monoisotopic (exact) mass is 384 g/mol. The molecule has 2 aromatic rings. The van der Waals surface area contributed by atoms with Gasteiger partial charge in [-0.05, 0) is 0 Å². The van der Waals surface area contributed by atoms with Gasteiger partial charge in [-0.3, -0.25) is 0 Å². The Morgan fingerprint density at radius 2 is 1.63 bits per heavy atom. The average Bonchev–Trinajstić information content (AvgIpc) is 2.47. The van der Waals surface area contributed by atoms with Crippen LogP contribution in [0, 0.1) is 0 Å². The topological polar surface area (TPSA) is 0 Å². The van der Waals surface area contributed by atoms with Crippen LogP contribution in [-0.4, -0.2) is 20.9 Å². The van der Waals surface area contributed by atoms with Gasteiger partial charge < -0.3 is 0 Å². The third kappa shape index (κ3) is 5.45. The summed E-state index contributed by atoms with van der Waals surface area (Å²) in [6.07, 6.45) is 4.85.